The third-order valence-electron chi connectivity index (χ3n) is 5.29. The Morgan fingerprint density at radius 1 is 1.00 bits per heavy atom. The summed E-state index contributed by atoms with van der Waals surface area (Å²) in [6.07, 6.45) is 3.77. The monoisotopic (exact) mass is 449 g/mol. The third-order valence-corrected chi connectivity index (χ3v) is 7.51. The molecule has 5 nitrogen and oxygen atoms in total. The van der Waals surface area contributed by atoms with Crippen LogP contribution in [0.4, 0.5) is 10.8 Å². The molecule has 0 spiro atoms. The lowest BCUT2D eigenvalue weighted by Crippen LogP contribution is -2.29. The normalized spacial score (nSPS) is 14.0. The number of thiophene rings is 1. The number of fused-ring (bicyclic) bond motifs is 1. The van der Waals surface area contributed by atoms with Gasteiger partial charge in [-0.05, 0) is 55.2 Å². The predicted molar refractivity (Wildman–Crippen MR) is 129 cm³/mol. The van der Waals surface area contributed by atoms with Gasteiger partial charge in [-0.2, -0.15) is 0 Å². The van der Waals surface area contributed by atoms with Crippen molar-refractivity contribution in [1.29, 1.82) is 0 Å². The molecule has 31 heavy (non-hydrogen) atoms. The summed E-state index contributed by atoms with van der Waals surface area (Å²) in [5.74, 6) is 0.667. The van der Waals surface area contributed by atoms with Crippen molar-refractivity contribution in [2.24, 2.45) is 0 Å². The number of ether oxygens (including phenoxy) is 1. The molecular weight excluding hydrogens is 426 g/mol. The number of nitrogens with zero attached hydrogens (tertiary/aromatic N) is 2. The largest absolute Gasteiger partial charge is 0.489 e. The molecule has 0 saturated carbocycles. The zero-order valence-corrected chi connectivity index (χ0v) is 18.7. The summed E-state index contributed by atoms with van der Waals surface area (Å²) in [6.45, 7) is 2.68. The van der Waals surface area contributed by atoms with E-state index < -0.39 is 0 Å². The number of aromatic nitrogens is 1. The highest BCUT2D eigenvalue weighted by Gasteiger charge is 2.18. The fourth-order valence-electron chi connectivity index (χ4n) is 3.62. The molecular formula is C24H23N3O2S2. The van der Waals surface area contributed by atoms with Gasteiger partial charge in [0.2, 0.25) is 0 Å². The maximum absolute atomic E-state index is 12.7. The Labute approximate surface area is 189 Å². The second kappa shape index (κ2) is 9.08. The molecule has 2 aromatic heterocycles. The Bertz CT molecular complexity index is 1130. The second-order valence-corrected chi connectivity index (χ2v) is 9.62. The van der Waals surface area contributed by atoms with Gasteiger partial charge in [0.05, 0.1) is 9.58 Å². The molecule has 0 aliphatic carbocycles. The molecule has 0 atom stereocenters. The Hall–Kier alpha value is -2.90. The molecule has 1 N–H and O–H groups in total. The van der Waals surface area contributed by atoms with Crippen molar-refractivity contribution >= 4 is 48.9 Å². The first kappa shape index (κ1) is 20.0. The summed E-state index contributed by atoms with van der Waals surface area (Å²) in [6, 6.07) is 19.5. The first-order valence-electron chi connectivity index (χ1n) is 10.5. The van der Waals surface area contributed by atoms with Crippen LogP contribution in [-0.2, 0) is 6.61 Å². The standard InChI is InChI=1S/C24H23N3O2S2/c28-22(20-15-21-23(30-20)26-24(31-21)27-13-5-2-6-14-27)25-18-9-11-19(12-10-18)29-16-17-7-3-1-4-8-17/h1,3-4,7-12,15H,2,5-6,13-14,16H2,(H,25,28). The second-order valence-electron chi connectivity index (χ2n) is 7.58. The molecule has 3 heterocycles. The van der Waals surface area contributed by atoms with E-state index in [1.165, 1.54) is 30.6 Å². The zero-order valence-electron chi connectivity index (χ0n) is 17.0. The lowest BCUT2D eigenvalue weighted by atomic mass is 10.1. The number of carbonyl (C=O) groups excluding carboxylic acids is 1. The zero-order chi connectivity index (χ0) is 21.0. The number of rotatable bonds is 6. The number of benzene rings is 2. The number of anilines is 2. The summed E-state index contributed by atoms with van der Waals surface area (Å²) in [4.78, 5) is 21.5. The number of hydrogen-bond donors (Lipinski definition) is 1. The van der Waals surface area contributed by atoms with E-state index in [4.69, 9.17) is 9.72 Å². The van der Waals surface area contributed by atoms with E-state index >= 15 is 0 Å². The van der Waals surface area contributed by atoms with Crippen molar-refractivity contribution in [3.8, 4) is 5.75 Å². The van der Waals surface area contributed by atoms with Crippen LogP contribution in [0.3, 0.4) is 0 Å². The molecule has 1 amide bonds. The number of piperidine rings is 1. The Morgan fingerprint density at radius 2 is 1.77 bits per heavy atom. The Kier molecular flexibility index (Phi) is 5.86. The summed E-state index contributed by atoms with van der Waals surface area (Å²) < 4.78 is 6.89. The van der Waals surface area contributed by atoms with Gasteiger partial charge >= 0.3 is 0 Å². The van der Waals surface area contributed by atoms with E-state index in [-0.39, 0.29) is 5.91 Å². The van der Waals surface area contributed by atoms with Crippen LogP contribution in [0.1, 0.15) is 34.5 Å². The first-order chi connectivity index (χ1) is 15.2. The molecule has 2 aromatic carbocycles. The fourth-order valence-corrected chi connectivity index (χ4v) is 5.78. The topological polar surface area (TPSA) is 54.5 Å². The van der Waals surface area contributed by atoms with E-state index in [9.17, 15) is 4.79 Å². The van der Waals surface area contributed by atoms with Gasteiger partial charge in [-0.15, -0.1) is 11.3 Å². The molecule has 1 saturated heterocycles. The summed E-state index contributed by atoms with van der Waals surface area (Å²) in [7, 11) is 0. The van der Waals surface area contributed by atoms with Crippen LogP contribution in [0.5, 0.6) is 5.75 Å². The van der Waals surface area contributed by atoms with E-state index in [0.717, 1.165) is 44.8 Å². The minimum atomic E-state index is -0.104. The van der Waals surface area contributed by atoms with Crippen LogP contribution < -0.4 is 15.0 Å². The number of carbonyl (C=O) groups is 1. The summed E-state index contributed by atoms with van der Waals surface area (Å²) in [5, 5.41) is 4.05. The van der Waals surface area contributed by atoms with Gasteiger partial charge in [-0.1, -0.05) is 41.7 Å². The first-order valence-corrected chi connectivity index (χ1v) is 12.1. The predicted octanol–water partition coefficient (Wildman–Crippen LogP) is 6.18. The van der Waals surface area contributed by atoms with Crippen LogP contribution in [0, 0.1) is 0 Å². The average Bonchev–Trinajstić information content (AvgIpc) is 3.40. The smallest absolute Gasteiger partial charge is 0.265 e. The number of hydrogen-bond acceptors (Lipinski definition) is 6. The molecule has 4 aromatic rings. The van der Waals surface area contributed by atoms with Gasteiger partial charge in [-0.25, -0.2) is 4.98 Å². The highest BCUT2D eigenvalue weighted by atomic mass is 32.1. The highest BCUT2D eigenvalue weighted by molar-refractivity contribution is 7.29. The van der Waals surface area contributed by atoms with Crippen molar-refractivity contribution < 1.29 is 9.53 Å². The number of nitrogens with one attached hydrogen (secondary N) is 1. The van der Waals surface area contributed by atoms with Crippen LogP contribution in [-0.4, -0.2) is 24.0 Å². The van der Waals surface area contributed by atoms with Crippen molar-refractivity contribution in [2.45, 2.75) is 25.9 Å². The molecule has 7 heteroatoms. The molecule has 1 fully saturated rings. The molecule has 0 bridgehead atoms. The van der Waals surface area contributed by atoms with Crippen LogP contribution in [0.25, 0.3) is 9.53 Å². The molecule has 1 aliphatic heterocycles. The van der Waals surface area contributed by atoms with E-state index in [1.54, 1.807) is 11.3 Å². The van der Waals surface area contributed by atoms with Crippen molar-refractivity contribution in [1.82, 2.24) is 4.98 Å². The van der Waals surface area contributed by atoms with Gasteiger partial charge < -0.3 is 15.0 Å². The maximum atomic E-state index is 12.7. The third kappa shape index (κ3) is 4.73. The van der Waals surface area contributed by atoms with E-state index in [1.807, 2.05) is 60.7 Å². The number of amides is 1. The quantitative estimate of drug-likeness (QED) is 0.382. The van der Waals surface area contributed by atoms with E-state index in [2.05, 4.69) is 10.2 Å². The van der Waals surface area contributed by atoms with Crippen LogP contribution in [0.15, 0.2) is 60.7 Å². The van der Waals surface area contributed by atoms with Crippen molar-refractivity contribution in [3.63, 3.8) is 0 Å². The molecule has 0 radical (unpaired) electrons. The Morgan fingerprint density at radius 3 is 2.52 bits per heavy atom. The SMILES string of the molecule is O=C(Nc1ccc(OCc2ccccc2)cc1)c1cc2sc(N3CCCCC3)nc2s1. The molecule has 1 aliphatic rings. The number of thiazole rings is 1. The van der Waals surface area contributed by atoms with Gasteiger partial charge in [0.25, 0.3) is 5.91 Å². The molecule has 5 rings (SSSR count). The maximum Gasteiger partial charge on any atom is 0.265 e. The lowest BCUT2D eigenvalue weighted by Gasteiger charge is -2.25. The highest BCUT2D eigenvalue weighted by Crippen LogP contribution is 2.35. The lowest BCUT2D eigenvalue weighted by molar-refractivity contribution is 0.103. The minimum Gasteiger partial charge on any atom is -0.489 e. The van der Waals surface area contributed by atoms with Gasteiger partial charge in [0.15, 0.2) is 5.13 Å². The van der Waals surface area contributed by atoms with Crippen LogP contribution >= 0.6 is 22.7 Å². The summed E-state index contributed by atoms with van der Waals surface area (Å²) in [5.41, 5.74) is 1.87. The van der Waals surface area contributed by atoms with Crippen molar-refractivity contribution in [2.75, 3.05) is 23.3 Å². The fraction of sp³-hybridized carbons (Fsp3) is 0.250. The van der Waals surface area contributed by atoms with Gasteiger partial charge in [0, 0.05) is 18.8 Å². The van der Waals surface area contributed by atoms with Gasteiger partial charge in [0.1, 0.15) is 17.2 Å². The average molecular weight is 450 g/mol. The van der Waals surface area contributed by atoms with Crippen molar-refractivity contribution in [3.05, 3.63) is 71.1 Å². The molecule has 0 unspecified atom stereocenters. The van der Waals surface area contributed by atoms with Crippen LogP contribution in [0.2, 0.25) is 0 Å². The summed E-state index contributed by atoms with van der Waals surface area (Å²) >= 11 is 3.14. The molecule has 158 valence electrons. The minimum absolute atomic E-state index is 0.104. The van der Waals surface area contributed by atoms with E-state index in [0.29, 0.717) is 11.5 Å². The van der Waals surface area contributed by atoms with Gasteiger partial charge in [-0.3, -0.25) is 4.79 Å². The Balaban J connectivity index is 1.20.